The first-order chi connectivity index (χ1) is 14.4. The van der Waals surface area contributed by atoms with E-state index in [1.54, 1.807) is 37.3 Å². The Labute approximate surface area is 176 Å². The topological polar surface area (TPSA) is 81.5 Å². The van der Waals surface area contributed by atoms with Crippen LogP contribution in [0.3, 0.4) is 0 Å². The summed E-state index contributed by atoms with van der Waals surface area (Å²) in [5, 5.41) is 2.83. The summed E-state index contributed by atoms with van der Waals surface area (Å²) in [6.45, 7) is 1.93. The van der Waals surface area contributed by atoms with Crippen LogP contribution in [0.1, 0.15) is 5.56 Å². The number of amides is 2. The quantitative estimate of drug-likeness (QED) is 0.661. The molecule has 1 heterocycles. The van der Waals surface area contributed by atoms with E-state index in [-0.39, 0.29) is 24.9 Å². The Kier molecular flexibility index (Phi) is 7.13. The van der Waals surface area contributed by atoms with Gasteiger partial charge in [-0.3, -0.25) is 9.59 Å². The van der Waals surface area contributed by atoms with Crippen molar-refractivity contribution in [1.29, 1.82) is 0 Å². The lowest BCUT2D eigenvalue weighted by Gasteiger charge is -2.22. The molecule has 1 unspecified atom stereocenters. The summed E-state index contributed by atoms with van der Waals surface area (Å²) in [5.74, 6) is 1.89. The number of quaternary nitrogens is 1. The summed E-state index contributed by atoms with van der Waals surface area (Å²) in [6.07, 6.45) is 0. The maximum atomic E-state index is 12.6. The molecule has 2 aromatic carbocycles. The number of rotatable bonds is 8. The van der Waals surface area contributed by atoms with Crippen LogP contribution in [0.25, 0.3) is 0 Å². The highest BCUT2D eigenvalue weighted by Gasteiger charge is 2.19. The Hall–Kier alpha value is -3.26. The van der Waals surface area contributed by atoms with E-state index < -0.39 is 0 Å². The molecule has 3 rings (SSSR count). The Morgan fingerprint density at radius 3 is 2.63 bits per heavy atom. The van der Waals surface area contributed by atoms with E-state index in [9.17, 15) is 9.59 Å². The van der Waals surface area contributed by atoms with Crippen LogP contribution in [0.5, 0.6) is 17.2 Å². The van der Waals surface area contributed by atoms with Crippen molar-refractivity contribution in [2.75, 3.05) is 52.8 Å². The fourth-order valence-corrected chi connectivity index (χ4v) is 3.18. The third-order valence-electron chi connectivity index (χ3n) is 4.72. The molecule has 0 fully saturated rings. The third kappa shape index (κ3) is 5.87. The van der Waals surface area contributed by atoms with E-state index in [0.717, 1.165) is 16.2 Å². The Bertz CT molecular complexity index is 902. The van der Waals surface area contributed by atoms with E-state index in [4.69, 9.17) is 14.2 Å². The molecule has 8 nitrogen and oxygen atoms in total. The average Bonchev–Trinajstić information content (AvgIpc) is 2.73. The number of anilines is 1. The number of methoxy groups -OCH3 is 1. The minimum atomic E-state index is -0.164. The zero-order valence-electron chi connectivity index (χ0n) is 17.6. The standard InChI is InChI=1S/C22H27N3O5/c1-24(14-21(26)23-17-5-4-6-18(12-17)28-3)15-22(27)25(2)13-16-7-8-19-20(11-16)30-10-9-29-19/h4-8,11-12H,9-10,13-15H2,1-3H3,(H,23,26)/p+1. The van der Waals surface area contributed by atoms with Gasteiger partial charge >= 0.3 is 0 Å². The van der Waals surface area contributed by atoms with Crippen LogP contribution in [0.15, 0.2) is 42.5 Å². The van der Waals surface area contributed by atoms with Gasteiger partial charge in [0.15, 0.2) is 24.6 Å². The highest BCUT2D eigenvalue weighted by Crippen LogP contribution is 2.31. The summed E-state index contributed by atoms with van der Waals surface area (Å²) in [6, 6.07) is 12.8. The number of benzene rings is 2. The molecule has 160 valence electrons. The Morgan fingerprint density at radius 1 is 1.10 bits per heavy atom. The van der Waals surface area contributed by atoms with Gasteiger partial charge in [-0.2, -0.15) is 0 Å². The summed E-state index contributed by atoms with van der Waals surface area (Å²) < 4.78 is 16.3. The van der Waals surface area contributed by atoms with Crippen LogP contribution in [0.4, 0.5) is 5.69 Å². The first kappa shape index (κ1) is 21.4. The monoisotopic (exact) mass is 414 g/mol. The second-order valence-electron chi connectivity index (χ2n) is 7.32. The molecule has 2 N–H and O–H groups in total. The molecular formula is C22H28N3O5+. The van der Waals surface area contributed by atoms with Crippen LogP contribution in [0, 0.1) is 0 Å². The fourth-order valence-electron chi connectivity index (χ4n) is 3.18. The zero-order chi connectivity index (χ0) is 21.5. The van der Waals surface area contributed by atoms with Gasteiger partial charge in [0.05, 0.1) is 14.2 Å². The van der Waals surface area contributed by atoms with Crippen molar-refractivity contribution in [2.24, 2.45) is 0 Å². The van der Waals surface area contributed by atoms with Crippen molar-refractivity contribution in [3.8, 4) is 17.2 Å². The minimum Gasteiger partial charge on any atom is -0.497 e. The van der Waals surface area contributed by atoms with Crippen molar-refractivity contribution in [3.63, 3.8) is 0 Å². The fraction of sp³-hybridized carbons (Fsp3) is 0.364. The third-order valence-corrected chi connectivity index (χ3v) is 4.72. The van der Waals surface area contributed by atoms with Crippen molar-refractivity contribution < 1.29 is 28.7 Å². The molecule has 0 spiro atoms. The molecule has 0 saturated carbocycles. The van der Waals surface area contributed by atoms with E-state index in [2.05, 4.69) is 5.32 Å². The molecule has 1 aliphatic heterocycles. The maximum absolute atomic E-state index is 12.6. The van der Waals surface area contributed by atoms with Crippen LogP contribution in [-0.2, 0) is 16.1 Å². The molecule has 0 radical (unpaired) electrons. The van der Waals surface area contributed by atoms with Crippen LogP contribution >= 0.6 is 0 Å². The molecule has 2 amide bonds. The minimum absolute atomic E-state index is 0.0448. The first-order valence-electron chi connectivity index (χ1n) is 9.82. The number of hydrogen-bond donors (Lipinski definition) is 2. The average molecular weight is 414 g/mol. The van der Waals surface area contributed by atoms with E-state index in [1.165, 1.54) is 0 Å². The molecular weight excluding hydrogens is 386 g/mol. The predicted octanol–water partition coefficient (Wildman–Crippen LogP) is 0.578. The SMILES string of the molecule is COc1cccc(NC(=O)C[NH+](C)CC(=O)N(C)Cc2ccc3c(c2)OCCO3)c1. The van der Waals surface area contributed by atoms with Crippen molar-refractivity contribution in [2.45, 2.75) is 6.54 Å². The van der Waals surface area contributed by atoms with Gasteiger partial charge in [-0.25, -0.2) is 0 Å². The molecule has 8 heteroatoms. The molecule has 0 aromatic heterocycles. The molecule has 0 aliphatic carbocycles. The molecule has 2 aromatic rings. The van der Waals surface area contributed by atoms with Crippen molar-refractivity contribution >= 4 is 17.5 Å². The highest BCUT2D eigenvalue weighted by atomic mass is 16.6. The van der Waals surface area contributed by atoms with Gasteiger partial charge in [-0.05, 0) is 29.8 Å². The second-order valence-corrected chi connectivity index (χ2v) is 7.32. The summed E-state index contributed by atoms with van der Waals surface area (Å²) >= 11 is 0. The molecule has 30 heavy (non-hydrogen) atoms. The summed E-state index contributed by atoms with van der Waals surface area (Å²) in [7, 11) is 5.15. The maximum Gasteiger partial charge on any atom is 0.279 e. The van der Waals surface area contributed by atoms with Crippen LogP contribution < -0.4 is 24.4 Å². The normalized spacial score (nSPS) is 13.3. The summed E-state index contributed by atoms with van der Waals surface area (Å²) in [4.78, 5) is 27.3. The molecule has 0 saturated heterocycles. The number of likely N-dealkylation sites (N-methyl/N-ethyl adjacent to an activating group) is 2. The number of fused-ring (bicyclic) bond motifs is 1. The van der Waals surface area contributed by atoms with E-state index in [0.29, 0.717) is 36.9 Å². The number of nitrogens with one attached hydrogen (secondary N) is 2. The van der Waals surface area contributed by atoms with Crippen molar-refractivity contribution in [1.82, 2.24) is 4.90 Å². The second kappa shape index (κ2) is 9.98. The van der Waals surface area contributed by atoms with Gasteiger partial charge in [-0.1, -0.05) is 12.1 Å². The zero-order valence-corrected chi connectivity index (χ0v) is 17.6. The van der Waals surface area contributed by atoms with Gasteiger partial charge in [0.1, 0.15) is 19.0 Å². The van der Waals surface area contributed by atoms with Crippen LogP contribution in [-0.4, -0.2) is 64.2 Å². The van der Waals surface area contributed by atoms with Gasteiger partial charge in [-0.15, -0.1) is 0 Å². The van der Waals surface area contributed by atoms with Crippen LogP contribution in [0.2, 0.25) is 0 Å². The van der Waals surface area contributed by atoms with Gasteiger partial charge in [0.25, 0.3) is 11.8 Å². The lowest BCUT2D eigenvalue weighted by Crippen LogP contribution is -3.11. The summed E-state index contributed by atoms with van der Waals surface area (Å²) in [5.41, 5.74) is 1.62. The number of carbonyl (C=O) groups excluding carboxylic acids is 2. The first-order valence-corrected chi connectivity index (χ1v) is 9.82. The van der Waals surface area contributed by atoms with E-state index >= 15 is 0 Å². The lowest BCUT2D eigenvalue weighted by atomic mass is 10.2. The Morgan fingerprint density at radius 2 is 1.87 bits per heavy atom. The number of nitrogens with zero attached hydrogens (tertiary/aromatic N) is 1. The molecule has 1 atom stereocenters. The number of carbonyl (C=O) groups is 2. The van der Waals surface area contributed by atoms with Gasteiger partial charge in [0, 0.05) is 25.3 Å². The number of hydrogen-bond acceptors (Lipinski definition) is 5. The Balaban J connectivity index is 1.47. The largest absolute Gasteiger partial charge is 0.497 e. The molecule has 1 aliphatic rings. The lowest BCUT2D eigenvalue weighted by molar-refractivity contribution is -0.862. The smallest absolute Gasteiger partial charge is 0.279 e. The molecule has 0 bridgehead atoms. The highest BCUT2D eigenvalue weighted by molar-refractivity contribution is 5.91. The van der Waals surface area contributed by atoms with Gasteiger partial charge in [0.2, 0.25) is 0 Å². The van der Waals surface area contributed by atoms with E-state index in [1.807, 2.05) is 31.3 Å². The number of ether oxygens (including phenoxy) is 3. The van der Waals surface area contributed by atoms with Gasteiger partial charge < -0.3 is 29.3 Å². The van der Waals surface area contributed by atoms with Crippen molar-refractivity contribution in [3.05, 3.63) is 48.0 Å². The predicted molar refractivity (Wildman–Crippen MR) is 112 cm³/mol.